The molecule has 0 aliphatic heterocycles. The average Bonchev–Trinajstić information content (AvgIpc) is 2.69. The van der Waals surface area contributed by atoms with Crippen LogP contribution in [-0.2, 0) is 4.79 Å². The first-order chi connectivity index (χ1) is 6.65. The molecule has 1 aromatic rings. The van der Waals surface area contributed by atoms with Gasteiger partial charge in [0.1, 0.15) is 5.78 Å². The van der Waals surface area contributed by atoms with Crippen molar-refractivity contribution in [1.82, 2.24) is 4.90 Å². The lowest BCUT2D eigenvalue weighted by atomic mass is 10.2. The van der Waals surface area contributed by atoms with Crippen LogP contribution >= 0.6 is 11.3 Å². The minimum atomic E-state index is 0.302. The van der Waals surface area contributed by atoms with Crippen LogP contribution < -0.4 is 0 Å². The topological polar surface area (TPSA) is 20.3 Å². The summed E-state index contributed by atoms with van der Waals surface area (Å²) in [7, 11) is 2.00. The van der Waals surface area contributed by atoms with Crippen LogP contribution in [0.2, 0.25) is 0 Å². The van der Waals surface area contributed by atoms with Gasteiger partial charge in [0.2, 0.25) is 0 Å². The predicted molar refractivity (Wildman–Crippen MR) is 60.7 cm³/mol. The second-order valence-corrected chi connectivity index (χ2v) is 4.48. The van der Waals surface area contributed by atoms with Crippen molar-refractivity contribution in [3.05, 3.63) is 22.4 Å². The van der Waals surface area contributed by atoms with Gasteiger partial charge >= 0.3 is 0 Å². The third-order valence-electron chi connectivity index (χ3n) is 2.44. The number of nitrogens with zero attached hydrogens (tertiary/aromatic N) is 1. The molecule has 0 aliphatic carbocycles. The van der Waals surface area contributed by atoms with Crippen LogP contribution in [0.15, 0.2) is 17.5 Å². The van der Waals surface area contributed by atoms with E-state index in [0.717, 1.165) is 0 Å². The third-order valence-corrected chi connectivity index (χ3v) is 3.48. The first-order valence-corrected chi connectivity index (χ1v) is 5.78. The Kier molecular flexibility index (Phi) is 4.29. The van der Waals surface area contributed by atoms with E-state index in [9.17, 15) is 4.79 Å². The SMILES string of the molecule is CCC(=O)CN(C)C(C)c1cccs1. The van der Waals surface area contributed by atoms with Crippen LogP contribution in [0.4, 0.5) is 0 Å². The highest BCUT2D eigenvalue weighted by Gasteiger charge is 2.14. The van der Waals surface area contributed by atoms with E-state index in [1.807, 2.05) is 20.0 Å². The molecule has 1 atom stereocenters. The standard InChI is InChI=1S/C11H17NOS/c1-4-10(13)8-12(3)9(2)11-6-5-7-14-11/h5-7,9H,4,8H2,1-3H3. The van der Waals surface area contributed by atoms with E-state index in [1.165, 1.54) is 4.88 Å². The van der Waals surface area contributed by atoms with Crippen LogP contribution in [0, 0.1) is 0 Å². The van der Waals surface area contributed by atoms with Crippen molar-refractivity contribution in [3.8, 4) is 0 Å². The summed E-state index contributed by atoms with van der Waals surface area (Å²) in [5, 5.41) is 2.07. The van der Waals surface area contributed by atoms with Gasteiger partial charge in [0.25, 0.3) is 0 Å². The fourth-order valence-corrected chi connectivity index (χ4v) is 2.12. The van der Waals surface area contributed by atoms with Crippen LogP contribution in [0.1, 0.15) is 31.2 Å². The van der Waals surface area contributed by atoms with E-state index in [2.05, 4.69) is 23.3 Å². The fourth-order valence-electron chi connectivity index (χ4n) is 1.27. The van der Waals surface area contributed by atoms with Crippen LogP contribution in [0.25, 0.3) is 0 Å². The Balaban J connectivity index is 2.53. The molecular weight excluding hydrogens is 194 g/mol. The fraction of sp³-hybridized carbons (Fsp3) is 0.545. The Bertz CT molecular complexity index is 281. The van der Waals surface area contributed by atoms with E-state index >= 15 is 0 Å². The number of likely N-dealkylation sites (N-methyl/N-ethyl adjacent to an activating group) is 1. The molecule has 0 amide bonds. The molecule has 0 spiro atoms. The van der Waals surface area contributed by atoms with Crippen LogP contribution in [0.3, 0.4) is 0 Å². The van der Waals surface area contributed by atoms with Gasteiger partial charge in [-0.2, -0.15) is 0 Å². The molecule has 0 aliphatic rings. The molecule has 0 saturated heterocycles. The quantitative estimate of drug-likeness (QED) is 0.746. The lowest BCUT2D eigenvalue weighted by Crippen LogP contribution is -2.27. The highest BCUT2D eigenvalue weighted by molar-refractivity contribution is 7.10. The van der Waals surface area contributed by atoms with Gasteiger partial charge in [0, 0.05) is 17.3 Å². The molecule has 1 rings (SSSR count). The number of ketones is 1. The van der Waals surface area contributed by atoms with Gasteiger partial charge in [-0.1, -0.05) is 13.0 Å². The van der Waals surface area contributed by atoms with Crippen molar-refractivity contribution in [2.45, 2.75) is 26.3 Å². The van der Waals surface area contributed by atoms with Crippen molar-refractivity contribution in [2.24, 2.45) is 0 Å². The second kappa shape index (κ2) is 5.27. The average molecular weight is 211 g/mol. The first kappa shape index (κ1) is 11.4. The van der Waals surface area contributed by atoms with Crippen molar-refractivity contribution >= 4 is 17.1 Å². The zero-order valence-corrected chi connectivity index (χ0v) is 9.80. The van der Waals surface area contributed by atoms with Crippen molar-refractivity contribution < 1.29 is 4.79 Å². The maximum absolute atomic E-state index is 11.3. The van der Waals surface area contributed by atoms with E-state index in [1.54, 1.807) is 11.3 Å². The third kappa shape index (κ3) is 2.93. The Morgan fingerprint density at radius 3 is 2.86 bits per heavy atom. The molecule has 1 unspecified atom stereocenters. The largest absolute Gasteiger partial charge is 0.298 e. The molecule has 2 nitrogen and oxygen atoms in total. The summed E-state index contributed by atoms with van der Waals surface area (Å²) >= 11 is 1.74. The summed E-state index contributed by atoms with van der Waals surface area (Å²) in [6.45, 7) is 4.59. The molecule has 14 heavy (non-hydrogen) atoms. The number of carbonyl (C=O) groups excluding carboxylic acids is 1. The molecule has 0 saturated carbocycles. The van der Waals surface area contributed by atoms with Gasteiger partial charge in [-0.25, -0.2) is 0 Å². The molecule has 0 N–H and O–H groups in total. The highest BCUT2D eigenvalue weighted by atomic mass is 32.1. The zero-order valence-electron chi connectivity index (χ0n) is 8.99. The highest BCUT2D eigenvalue weighted by Crippen LogP contribution is 2.22. The molecule has 0 radical (unpaired) electrons. The van der Waals surface area contributed by atoms with Crippen molar-refractivity contribution in [2.75, 3.05) is 13.6 Å². The Morgan fingerprint density at radius 1 is 1.64 bits per heavy atom. The monoisotopic (exact) mass is 211 g/mol. The summed E-state index contributed by atoms with van der Waals surface area (Å²) in [5.41, 5.74) is 0. The number of thiophene rings is 1. The van der Waals surface area contributed by atoms with E-state index in [0.29, 0.717) is 24.8 Å². The lowest BCUT2D eigenvalue weighted by molar-refractivity contribution is -0.120. The number of hydrogen-bond acceptors (Lipinski definition) is 3. The maximum Gasteiger partial charge on any atom is 0.146 e. The van der Waals surface area contributed by atoms with Gasteiger partial charge in [0.15, 0.2) is 0 Å². The number of rotatable bonds is 5. The van der Waals surface area contributed by atoms with Crippen LogP contribution in [-0.4, -0.2) is 24.3 Å². The summed E-state index contributed by atoms with van der Waals surface area (Å²) < 4.78 is 0. The normalized spacial score (nSPS) is 13.1. The molecule has 0 bridgehead atoms. The van der Waals surface area contributed by atoms with E-state index in [4.69, 9.17) is 0 Å². The zero-order chi connectivity index (χ0) is 10.6. The molecule has 0 aromatic carbocycles. The minimum absolute atomic E-state index is 0.302. The van der Waals surface area contributed by atoms with Gasteiger partial charge in [0.05, 0.1) is 6.54 Å². The summed E-state index contributed by atoms with van der Waals surface area (Å²) in [6.07, 6.45) is 0.626. The summed E-state index contributed by atoms with van der Waals surface area (Å²) in [5.74, 6) is 0.302. The Morgan fingerprint density at radius 2 is 2.36 bits per heavy atom. The van der Waals surface area contributed by atoms with Gasteiger partial charge in [-0.15, -0.1) is 11.3 Å². The number of carbonyl (C=O) groups is 1. The van der Waals surface area contributed by atoms with E-state index < -0.39 is 0 Å². The smallest absolute Gasteiger partial charge is 0.146 e. The van der Waals surface area contributed by atoms with Crippen LogP contribution in [0.5, 0.6) is 0 Å². The predicted octanol–water partition coefficient (Wildman–Crippen LogP) is 2.72. The first-order valence-electron chi connectivity index (χ1n) is 4.90. The van der Waals surface area contributed by atoms with Gasteiger partial charge in [-0.05, 0) is 25.4 Å². The Labute approximate surface area is 89.5 Å². The maximum atomic E-state index is 11.3. The molecule has 78 valence electrons. The van der Waals surface area contributed by atoms with Crippen molar-refractivity contribution in [1.29, 1.82) is 0 Å². The number of Topliss-reactive ketones (excluding diaryl/α,β-unsaturated/α-hetero) is 1. The summed E-state index contributed by atoms with van der Waals surface area (Å²) in [4.78, 5) is 14.7. The van der Waals surface area contributed by atoms with Crippen molar-refractivity contribution in [3.63, 3.8) is 0 Å². The van der Waals surface area contributed by atoms with Gasteiger partial charge < -0.3 is 0 Å². The van der Waals surface area contributed by atoms with E-state index in [-0.39, 0.29) is 0 Å². The van der Waals surface area contributed by atoms with Gasteiger partial charge in [-0.3, -0.25) is 9.69 Å². The number of hydrogen-bond donors (Lipinski definition) is 0. The molecular formula is C11H17NOS. The molecule has 3 heteroatoms. The minimum Gasteiger partial charge on any atom is -0.298 e. The summed E-state index contributed by atoms with van der Waals surface area (Å²) in [6, 6.07) is 4.50. The molecule has 1 aromatic heterocycles. The molecule has 1 heterocycles. The Hall–Kier alpha value is -0.670. The lowest BCUT2D eigenvalue weighted by Gasteiger charge is -2.22. The second-order valence-electron chi connectivity index (χ2n) is 3.50. The molecule has 0 fully saturated rings.